The number of aromatic carboxylic acids is 1. The molecule has 164 valence electrons. The zero-order valence-electron chi connectivity index (χ0n) is 16.0. The van der Waals surface area contributed by atoms with Crippen LogP contribution in [0.4, 0.5) is 13.2 Å². The number of carboxylic acid groups (broad SMARTS) is 1. The number of fused-ring (bicyclic) bond motifs is 2. The SMILES string of the molecule is O=C(O)c1c(F)cc(F)c(F)c1-c1c2cc(I)c(O)c(I)c2[o+]c2c(I)c(O)c(I)cc12.[Na+]. The molecule has 0 radical (unpaired) electrons. The molecule has 33 heavy (non-hydrogen) atoms. The molecular formula is C20H6F3I4NaO5+2. The molecule has 1 heterocycles. The van der Waals surface area contributed by atoms with Crippen molar-refractivity contribution in [3.05, 3.63) is 55.5 Å². The van der Waals surface area contributed by atoms with Crippen LogP contribution in [0.3, 0.4) is 0 Å². The number of halogens is 7. The first-order chi connectivity index (χ1) is 15.0. The van der Waals surface area contributed by atoms with Gasteiger partial charge in [0.15, 0.2) is 30.3 Å². The number of aromatic hydroxyl groups is 2. The molecule has 0 saturated carbocycles. The first kappa shape index (κ1) is 27.7. The number of phenolic OH excluding ortho intramolecular Hbond substituents is 2. The third-order valence-corrected chi connectivity index (χ3v) is 8.32. The van der Waals surface area contributed by atoms with Gasteiger partial charge in [-0.2, -0.15) is 0 Å². The Balaban J connectivity index is 0.00000306. The van der Waals surface area contributed by atoms with Crippen LogP contribution >= 0.6 is 90.4 Å². The maximum absolute atomic E-state index is 15.2. The van der Waals surface area contributed by atoms with Crippen molar-refractivity contribution in [2.24, 2.45) is 0 Å². The van der Waals surface area contributed by atoms with Crippen molar-refractivity contribution in [3.63, 3.8) is 0 Å². The van der Waals surface area contributed by atoms with Crippen LogP contribution in [0, 0.1) is 31.7 Å². The van der Waals surface area contributed by atoms with Gasteiger partial charge in [0.2, 0.25) is 0 Å². The Morgan fingerprint density at radius 2 is 1.24 bits per heavy atom. The van der Waals surface area contributed by atoms with E-state index >= 15 is 4.39 Å². The summed E-state index contributed by atoms with van der Waals surface area (Å²) in [6, 6.07) is 3.00. The van der Waals surface area contributed by atoms with Crippen LogP contribution in [0.25, 0.3) is 33.1 Å². The average Bonchev–Trinajstić information content (AvgIpc) is 2.72. The molecule has 3 N–H and O–H groups in total. The molecule has 4 rings (SSSR count). The van der Waals surface area contributed by atoms with E-state index in [0.717, 1.165) is 0 Å². The Labute approximate surface area is 260 Å². The van der Waals surface area contributed by atoms with Crippen LogP contribution < -0.4 is 29.6 Å². The quantitative estimate of drug-likeness (QED) is 0.0909. The second-order valence-electron chi connectivity index (χ2n) is 6.48. The molecular weight excluding hydrogens is 908 g/mol. The van der Waals surface area contributed by atoms with Gasteiger partial charge in [0.25, 0.3) is 0 Å². The number of hydrogen-bond donors (Lipinski definition) is 3. The van der Waals surface area contributed by atoms with Crippen LogP contribution in [0.15, 0.2) is 22.6 Å². The van der Waals surface area contributed by atoms with E-state index in [1.165, 1.54) is 12.1 Å². The summed E-state index contributed by atoms with van der Waals surface area (Å²) in [5.74, 6) is -6.61. The van der Waals surface area contributed by atoms with Crippen molar-refractivity contribution in [3.8, 4) is 22.6 Å². The molecule has 0 aliphatic carbocycles. The van der Waals surface area contributed by atoms with Gasteiger partial charge < -0.3 is 15.3 Å². The molecule has 0 spiro atoms. The minimum Gasteiger partial charge on any atom is -0.505 e. The van der Waals surface area contributed by atoms with E-state index in [4.69, 9.17) is 4.42 Å². The van der Waals surface area contributed by atoms with Crippen LogP contribution in [-0.2, 0) is 0 Å². The predicted octanol–water partition coefficient (Wildman–Crippen LogP) is 4.48. The van der Waals surface area contributed by atoms with Gasteiger partial charge in [0.1, 0.15) is 11.4 Å². The molecule has 0 aliphatic rings. The first-order valence-electron chi connectivity index (χ1n) is 8.34. The largest absolute Gasteiger partial charge is 1.00 e. The molecule has 0 saturated heterocycles. The minimum absolute atomic E-state index is 0. The van der Waals surface area contributed by atoms with Crippen molar-refractivity contribution in [1.29, 1.82) is 0 Å². The Kier molecular flexibility index (Phi) is 8.59. The summed E-state index contributed by atoms with van der Waals surface area (Å²) in [4.78, 5) is 11.9. The average molecular weight is 914 g/mol. The number of carbonyl (C=O) groups is 1. The van der Waals surface area contributed by atoms with E-state index in [2.05, 4.69) is 0 Å². The molecule has 0 amide bonds. The third kappa shape index (κ3) is 4.54. The molecule has 5 nitrogen and oxygen atoms in total. The fourth-order valence-electron chi connectivity index (χ4n) is 3.31. The zero-order valence-corrected chi connectivity index (χ0v) is 26.7. The normalized spacial score (nSPS) is 11.1. The van der Waals surface area contributed by atoms with Crippen LogP contribution in [0.2, 0.25) is 0 Å². The Morgan fingerprint density at radius 1 is 0.788 bits per heavy atom. The van der Waals surface area contributed by atoms with Gasteiger partial charge in [-0.05, 0) is 102 Å². The van der Waals surface area contributed by atoms with Crippen LogP contribution in [0.1, 0.15) is 10.4 Å². The smallest absolute Gasteiger partial charge is 0.505 e. The van der Waals surface area contributed by atoms with Crippen LogP contribution in [0.5, 0.6) is 11.5 Å². The van der Waals surface area contributed by atoms with Gasteiger partial charge in [0.05, 0.1) is 17.9 Å². The van der Waals surface area contributed by atoms with E-state index < -0.39 is 34.5 Å². The Hall–Kier alpha value is 0.110. The predicted molar refractivity (Wildman–Crippen MR) is 145 cm³/mol. The number of carboxylic acids is 1. The molecule has 0 aliphatic heterocycles. The summed E-state index contributed by atoms with van der Waals surface area (Å²) in [5, 5.41) is 30.7. The Morgan fingerprint density at radius 3 is 1.67 bits per heavy atom. The summed E-state index contributed by atoms with van der Waals surface area (Å²) >= 11 is 7.24. The standard InChI is InChI=1S/C20H5F3I4O5.Na/c21-6-3-7(22)13(23)12(11(6)20(30)31)10-4-1-8(24)16(28)14(26)18(4)32-19-5(10)2-9(25)17(29)15(19)27;/h1-3H,(H2-,28,29,30,31);/q;+1/p+1. The fourth-order valence-corrected chi connectivity index (χ4v) is 6.89. The van der Waals surface area contributed by atoms with E-state index in [1.54, 1.807) is 45.2 Å². The Bertz CT molecular complexity index is 1440. The van der Waals surface area contributed by atoms with Gasteiger partial charge >= 0.3 is 46.7 Å². The summed E-state index contributed by atoms with van der Waals surface area (Å²) in [6.45, 7) is 0. The molecule has 1 aromatic heterocycles. The summed E-state index contributed by atoms with van der Waals surface area (Å²) in [5.41, 5.74) is -1.92. The second kappa shape index (κ2) is 10.2. The van der Waals surface area contributed by atoms with Crippen molar-refractivity contribution in [2.75, 3.05) is 0 Å². The van der Waals surface area contributed by atoms with Gasteiger partial charge in [-0.15, -0.1) is 0 Å². The number of rotatable bonds is 2. The van der Waals surface area contributed by atoms with Gasteiger partial charge in [-0.3, -0.25) is 0 Å². The van der Waals surface area contributed by atoms with Crippen molar-refractivity contribution in [2.45, 2.75) is 0 Å². The summed E-state index contributed by atoms with van der Waals surface area (Å²) in [6.07, 6.45) is 0. The third-order valence-electron chi connectivity index (χ3n) is 4.68. The number of benzene rings is 3. The summed E-state index contributed by atoms with van der Waals surface area (Å²) in [7, 11) is 0. The summed E-state index contributed by atoms with van der Waals surface area (Å²) < 4.78 is 51.1. The molecule has 0 atom stereocenters. The van der Waals surface area contributed by atoms with Crippen LogP contribution in [-0.4, -0.2) is 21.3 Å². The van der Waals surface area contributed by atoms with Crippen molar-refractivity contribution in [1.82, 2.24) is 0 Å². The fraction of sp³-hybridized carbons (Fsp3) is 0. The topological polar surface area (TPSA) is 89.1 Å². The van der Waals surface area contributed by atoms with E-state index in [-0.39, 0.29) is 81.8 Å². The first-order valence-corrected chi connectivity index (χ1v) is 12.7. The van der Waals surface area contributed by atoms with E-state index in [9.17, 15) is 28.9 Å². The molecule has 3 aromatic carbocycles. The number of hydrogen-bond acceptors (Lipinski definition) is 3. The molecule has 0 fully saturated rings. The minimum atomic E-state index is -1.79. The molecule has 0 unspecified atom stereocenters. The molecule has 0 bridgehead atoms. The number of phenols is 2. The monoisotopic (exact) mass is 914 g/mol. The molecule has 4 aromatic rings. The molecule has 13 heteroatoms. The van der Waals surface area contributed by atoms with Crippen molar-refractivity contribution < 1.29 is 67.3 Å². The van der Waals surface area contributed by atoms with E-state index in [1.807, 2.05) is 45.2 Å². The van der Waals surface area contributed by atoms with E-state index in [0.29, 0.717) is 7.14 Å². The van der Waals surface area contributed by atoms with Gasteiger partial charge in [-0.1, -0.05) is 0 Å². The maximum Gasteiger partial charge on any atom is 1.00 e. The maximum atomic E-state index is 15.2. The van der Waals surface area contributed by atoms with Crippen molar-refractivity contribution >= 4 is 118 Å². The van der Waals surface area contributed by atoms with Gasteiger partial charge in [-0.25, -0.2) is 22.4 Å². The van der Waals surface area contributed by atoms with Gasteiger partial charge in [0, 0.05) is 17.2 Å². The second-order valence-corrected chi connectivity index (χ2v) is 11.0. The zero-order chi connectivity index (χ0) is 23.6.